The number of hydrazine groups is 1. The van der Waals surface area contributed by atoms with E-state index in [4.69, 9.17) is 0 Å². The lowest BCUT2D eigenvalue weighted by Gasteiger charge is -2.33. The summed E-state index contributed by atoms with van der Waals surface area (Å²) in [6.07, 6.45) is 1.68. The molecule has 1 aromatic carbocycles. The third kappa shape index (κ3) is 1.80. The van der Waals surface area contributed by atoms with Gasteiger partial charge in [-0.2, -0.15) is 10.7 Å². The van der Waals surface area contributed by atoms with Gasteiger partial charge in [0.1, 0.15) is 6.54 Å². The lowest BCUT2D eigenvalue weighted by Crippen LogP contribution is -2.62. The molecular weight excluding hydrogens is 248 g/mol. The van der Waals surface area contributed by atoms with Crippen LogP contribution >= 0.6 is 0 Å². The first-order chi connectivity index (χ1) is 9.37. The third-order valence-corrected chi connectivity index (χ3v) is 2.93. The molecule has 0 saturated heterocycles. The van der Waals surface area contributed by atoms with Crippen LogP contribution in [0, 0.1) is 0 Å². The first kappa shape index (κ1) is 11.6. The van der Waals surface area contributed by atoms with Gasteiger partial charge in [0.2, 0.25) is 6.34 Å². The molecule has 1 atom stereocenters. The molecule has 3 N–H and O–H groups in total. The van der Waals surface area contributed by atoms with Crippen molar-refractivity contribution in [3.05, 3.63) is 30.3 Å². The molecule has 9 heteroatoms. The monoisotopic (exact) mass is 261 g/mol. The minimum atomic E-state index is -0.0169. The first-order valence-electron chi connectivity index (χ1n) is 5.75. The molecule has 0 saturated carbocycles. The normalized spacial score (nSPS) is 21.6. The molecule has 2 aromatic rings. The van der Waals surface area contributed by atoms with Crippen LogP contribution in [-0.2, 0) is 0 Å². The Kier molecular flexibility index (Phi) is 2.82. The summed E-state index contributed by atoms with van der Waals surface area (Å²) in [5.74, 6) is 0.342. The molecule has 1 unspecified atom stereocenters. The number of nitrogens with one attached hydrogen (secondary N) is 2. The largest absolute Gasteiger partial charge is 0.390 e. The number of rotatable bonds is 4. The second-order valence-corrected chi connectivity index (χ2v) is 3.98. The Balaban J connectivity index is 2.06. The summed E-state index contributed by atoms with van der Waals surface area (Å²) < 4.78 is 0.150. The molecule has 2 heterocycles. The zero-order valence-electron chi connectivity index (χ0n) is 10.0. The predicted octanol–water partition coefficient (Wildman–Crippen LogP) is -0.618. The number of benzene rings is 1. The van der Waals surface area contributed by atoms with Gasteiger partial charge in [-0.1, -0.05) is 28.4 Å². The molecule has 0 fully saturated rings. The van der Waals surface area contributed by atoms with Crippen LogP contribution in [0.15, 0.2) is 35.4 Å². The van der Waals surface area contributed by atoms with Gasteiger partial charge in [0, 0.05) is 12.1 Å². The van der Waals surface area contributed by atoms with E-state index in [0.29, 0.717) is 12.5 Å². The highest BCUT2D eigenvalue weighted by atomic mass is 16.3. The van der Waals surface area contributed by atoms with E-state index >= 15 is 0 Å². The van der Waals surface area contributed by atoms with Gasteiger partial charge in [0.15, 0.2) is 5.69 Å². The van der Waals surface area contributed by atoms with Crippen molar-refractivity contribution < 1.29 is 5.11 Å². The molecule has 9 nitrogen and oxygen atoms in total. The molecule has 3 rings (SSSR count). The number of hydrogen-bond donors (Lipinski definition) is 3. The Morgan fingerprint density at radius 2 is 2.11 bits per heavy atom. The van der Waals surface area contributed by atoms with E-state index in [1.54, 1.807) is 11.5 Å². The van der Waals surface area contributed by atoms with Gasteiger partial charge in [-0.05, 0) is 5.21 Å². The highest BCUT2D eigenvalue weighted by Gasteiger charge is 2.43. The van der Waals surface area contributed by atoms with E-state index in [9.17, 15) is 5.11 Å². The molecule has 0 amide bonds. The van der Waals surface area contributed by atoms with E-state index in [1.807, 2.05) is 30.3 Å². The Labute approximate surface area is 108 Å². The van der Waals surface area contributed by atoms with Crippen molar-refractivity contribution in [3.8, 4) is 0 Å². The smallest absolute Gasteiger partial charge is 0.337 e. The molecule has 1 aliphatic heterocycles. The average molecular weight is 261 g/mol. The number of aliphatic hydroxyl groups is 1. The molecule has 0 bridgehead atoms. The van der Waals surface area contributed by atoms with E-state index < -0.39 is 0 Å². The van der Waals surface area contributed by atoms with Crippen molar-refractivity contribution in [2.45, 2.75) is 0 Å². The quantitative estimate of drug-likeness (QED) is 0.634. The fourth-order valence-corrected chi connectivity index (χ4v) is 2.07. The number of anilines is 1. The molecule has 0 radical (unpaired) electrons. The first-order valence-corrected chi connectivity index (χ1v) is 5.75. The van der Waals surface area contributed by atoms with Crippen LogP contribution in [0.5, 0.6) is 0 Å². The maximum absolute atomic E-state index is 9.37. The van der Waals surface area contributed by atoms with Crippen LogP contribution in [0.4, 0.5) is 11.6 Å². The Bertz CT molecular complexity index is 556. The van der Waals surface area contributed by atoms with E-state index in [2.05, 4.69) is 31.3 Å². The summed E-state index contributed by atoms with van der Waals surface area (Å²) in [5.41, 5.74) is 3.74. The van der Waals surface area contributed by atoms with Crippen molar-refractivity contribution in [2.24, 2.45) is 5.10 Å². The summed E-state index contributed by atoms with van der Waals surface area (Å²) in [6.45, 7) is 0.381. The van der Waals surface area contributed by atoms with Crippen molar-refractivity contribution in [1.82, 2.24) is 30.8 Å². The van der Waals surface area contributed by atoms with Gasteiger partial charge in [-0.15, -0.1) is 14.8 Å². The molecule has 1 aliphatic rings. The van der Waals surface area contributed by atoms with Crippen LogP contribution in [0.1, 0.15) is 0 Å². The van der Waals surface area contributed by atoms with Crippen molar-refractivity contribution in [1.29, 1.82) is 0 Å². The van der Waals surface area contributed by atoms with Crippen LogP contribution in [-0.4, -0.2) is 45.2 Å². The summed E-state index contributed by atoms with van der Waals surface area (Å²) >= 11 is 0. The van der Waals surface area contributed by atoms with Crippen molar-refractivity contribution >= 4 is 18.0 Å². The number of nitrogens with zero attached hydrogens (tertiary/aromatic N) is 6. The van der Waals surface area contributed by atoms with Crippen LogP contribution in [0.25, 0.3) is 0 Å². The highest BCUT2D eigenvalue weighted by Crippen LogP contribution is 2.27. The maximum Gasteiger partial charge on any atom is 0.337 e. The number of H-pyrrole nitrogens is 1. The number of hydrazone groups is 1. The zero-order chi connectivity index (χ0) is 13.1. The topological polar surface area (TPSA) is 102 Å². The van der Waals surface area contributed by atoms with Crippen LogP contribution < -0.4 is 15.2 Å². The minimum Gasteiger partial charge on any atom is -0.390 e. The molecule has 0 spiro atoms. The van der Waals surface area contributed by atoms with Gasteiger partial charge in [-0.3, -0.25) is 0 Å². The number of hydrogen-bond acceptors (Lipinski definition) is 7. The van der Waals surface area contributed by atoms with Gasteiger partial charge < -0.3 is 5.11 Å². The van der Waals surface area contributed by atoms with E-state index in [1.165, 1.54) is 0 Å². The molecule has 19 heavy (non-hydrogen) atoms. The minimum absolute atomic E-state index is 0.0169. The zero-order valence-corrected chi connectivity index (χ0v) is 10.0. The Hall–Kier alpha value is -2.52. The second-order valence-electron chi connectivity index (χ2n) is 3.98. The maximum atomic E-state index is 9.37. The summed E-state index contributed by atoms with van der Waals surface area (Å²) in [5, 5.41) is 28.9. The number of tetrazole rings is 1. The molecule has 1 aromatic heterocycles. The van der Waals surface area contributed by atoms with Crippen LogP contribution in [0.2, 0.25) is 0 Å². The summed E-state index contributed by atoms with van der Waals surface area (Å²) in [4.78, 5) is 0. The van der Waals surface area contributed by atoms with Crippen LogP contribution in [0.3, 0.4) is 0 Å². The summed E-state index contributed by atoms with van der Waals surface area (Å²) in [6, 6.07) is 9.67. The van der Waals surface area contributed by atoms with E-state index in [-0.39, 0.29) is 11.2 Å². The fourth-order valence-electron chi connectivity index (χ4n) is 2.07. The SMILES string of the molecule is OCC[N+]1(c2ccccc2)C=NNN1c1nn[nH]n1. The lowest BCUT2D eigenvalue weighted by atomic mass is 10.3. The van der Waals surface area contributed by atoms with Gasteiger partial charge >= 0.3 is 5.95 Å². The highest BCUT2D eigenvalue weighted by molar-refractivity contribution is 5.78. The van der Waals surface area contributed by atoms with Gasteiger partial charge in [-0.25, -0.2) is 0 Å². The number of quaternary nitrogens is 1. The third-order valence-electron chi connectivity index (χ3n) is 2.93. The Morgan fingerprint density at radius 1 is 1.26 bits per heavy atom. The number of para-hydroxylation sites is 1. The average Bonchev–Trinajstić information content (AvgIpc) is 3.09. The fraction of sp³-hybridized carbons (Fsp3) is 0.200. The molecule has 98 valence electrons. The number of aromatic amines is 1. The number of aliphatic hydroxyl groups excluding tert-OH is 1. The second kappa shape index (κ2) is 4.63. The standard InChI is InChI=1S/C10H13N8O/c19-7-6-18(9-4-2-1-3-5-9)8-11-16-17(18)10-12-14-15-13-10/h1-5,8,16,19H,6-7H2,(H,12,13,14,15)/q+1. The molecule has 0 aliphatic carbocycles. The molecular formula is C10H13N8O+. The van der Waals surface area contributed by atoms with Gasteiger partial charge in [0.25, 0.3) is 0 Å². The van der Waals surface area contributed by atoms with Crippen molar-refractivity contribution in [3.63, 3.8) is 0 Å². The van der Waals surface area contributed by atoms with Gasteiger partial charge in [0.05, 0.1) is 6.61 Å². The number of aromatic nitrogens is 4. The van der Waals surface area contributed by atoms with Crippen molar-refractivity contribution in [2.75, 3.05) is 18.3 Å². The Morgan fingerprint density at radius 3 is 2.79 bits per heavy atom. The lowest BCUT2D eigenvalue weighted by molar-refractivity contribution is 0.241. The van der Waals surface area contributed by atoms with E-state index in [0.717, 1.165) is 5.69 Å². The summed E-state index contributed by atoms with van der Waals surface area (Å²) in [7, 11) is 0. The predicted molar refractivity (Wildman–Crippen MR) is 68.5 cm³/mol.